The second-order valence-corrected chi connectivity index (χ2v) is 7.03. The maximum Gasteiger partial charge on any atom is 0.186 e. The Morgan fingerprint density at radius 2 is 1.81 bits per heavy atom. The Balaban J connectivity index is 2.42. The molecule has 5 nitrogen and oxygen atoms in total. The highest BCUT2D eigenvalue weighted by Gasteiger charge is 2.47. The SMILES string of the molecule is CC(C)COCCOCC(=O)C1=CC(C)(C)N(O)C1(C)C. The van der Waals surface area contributed by atoms with E-state index in [0.29, 0.717) is 31.3 Å². The second kappa shape index (κ2) is 7.01. The first-order valence-corrected chi connectivity index (χ1v) is 7.50. The lowest BCUT2D eigenvalue weighted by molar-refractivity contribution is -0.186. The van der Waals surface area contributed by atoms with Crippen LogP contribution in [0.4, 0.5) is 0 Å². The summed E-state index contributed by atoms with van der Waals surface area (Å²) in [6.45, 7) is 13.2. The lowest BCUT2D eigenvalue weighted by Crippen LogP contribution is -2.48. The van der Waals surface area contributed by atoms with Gasteiger partial charge in [0.1, 0.15) is 6.61 Å². The van der Waals surface area contributed by atoms with Gasteiger partial charge in [0.15, 0.2) is 5.78 Å². The number of hydroxylamine groups is 2. The van der Waals surface area contributed by atoms with E-state index in [9.17, 15) is 10.0 Å². The number of hydrogen-bond acceptors (Lipinski definition) is 5. The summed E-state index contributed by atoms with van der Waals surface area (Å²) in [5.74, 6) is 0.405. The van der Waals surface area contributed by atoms with Crippen LogP contribution in [0.3, 0.4) is 0 Å². The van der Waals surface area contributed by atoms with Crippen molar-refractivity contribution in [2.24, 2.45) is 5.92 Å². The molecule has 0 aromatic rings. The van der Waals surface area contributed by atoms with Crippen molar-refractivity contribution < 1.29 is 19.5 Å². The van der Waals surface area contributed by atoms with Gasteiger partial charge in [-0.25, -0.2) is 0 Å². The summed E-state index contributed by atoms with van der Waals surface area (Å²) in [5.41, 5.74) is -0.648. The van der Waals surface area contributed by atoms with E-state index in [1.807, 2.05) is 33.8 Å². The third-order valence-corrected chi connectivity index (χ3v) is 3.59. The summed E-state index contributed by atoms with van der Waals surface area (Å²) in [6, 6.07) is 0. The number of rotatable bonds is 8. The summed E-state index contributed by atoms with van der Waals surface area (Å²) in [6.07, 6.45) is 1.81. The van der Waals surface area contributed by atoms with Crippen molar-refractivity contribution in [1.29, 1.82) is 0 Å². The van der Waals surface area contributed by atoms with Crippen LogP contribution in [0.1, 0.15) is 41.5 Å². The van der Waals surface area contributed by atoms with Crippen LogP contribution in [0.25, 0.3) is 0 Å². The van der Waals surface area contributed by atoms with Crippen molar-refractivity contribution in [3.63, 3.8) is 0 Å². The Morgan fingerprint density at radius 3 is 2.29 bits per heavy atom. The smallest absolute Gasteiger partial charge is 0.186 e. The van der Waals surface area contributed by atoms with Crippen LogP contribution in [-0.4, -0.2) is 53.6 Å². The summed E-state index contributed by atoms with van der Waals surface area (Å²) >= 11 is 0. The van der Waals surface area contributed by atoms with Gasteiger partial charge in [-0.15, -0.1) is 0 Å². The fourth-order valence-corrected chi connectivity index (χ4v) is 2.53. The average Bonchev–Trinajstić information content (AvgIpc) is 2.53. The molecule has 5 heteroatoms. The lowest BCUT2D eigenvalue weighted by Gasteiger charge is -2.35. The van der Waals surface area contributed by atoms with Crippen molar-refractivity contribution in [2.75, 3.05) is 26.4 Å². The standard InChI is InChI=1S/C16H29NO4/c1-12(2)10-20-7-8-21-11-14(18)13-9-15(3,4)17(19)16(13,5)6/h9,12,19H,7-8,10-11H2,1-6H3. The van der Waals surface area contributed by atoms with Crippen molar-refractivity contribution >= 4 is 5.78 Å². The van der Waals surface area contributed by atoms with Crippen LogP contribution < -0.4 is 0 Å². The molecule has 0 saturated heterocycles. The average molecular weight is 299 g/mol. The fourth-order valence-electron chi connectivity index (χ4n) is 2.53. The minimum atomic E-state index is -0.696. The van der Waals surface area contributed by atoms with Crippen molar-refractivity contribution in [1.82, 2.24) is 5.06 Å². The molecule has 0 radical (unpaired) electrons. The van der Waals surface area contributed by atoms with E-state index in [1.165, 1.54) is 5.06 Å². The van der Waals surface area contributed by atoms with E-state index in [0.717, 1.165) is 0 Å². The van der Waals surface area contributed by atoms with Crippen LogP contribution in [0.2, 0.25) is 0 Å². The molecular formula is C16H29NO4. The molecule has 0 amide bonds. The maximum absolute atomic E-state index is 12.3. The Bertz CT molecular complexity index is 399. The Labute approximate surface area is 127 Å². The molecule has 122 valence electrons. The molecule has 0 atom stereocenters. The van der Waals surface area contributed by atoms with E-state index in [-0.39, 0.29) is 12.4 Å². The van der Waals surface area contributed by atoms with Crippen molar-refractivity contribution in [3.8, 4) is 0 Å². The van der Waals surface area contributed by atoms with Gasteiger partial charge in [0, 0.05) is 12.2 Å². The molecule has 0 fully saturated rings. The zero-order chi connectivity index (χ0) is 16.3. The number of carbonyl (C=O) groups is 1. The highest BCUT2D eigenvalue weighted by molar-refractivity contribution is 5.99. The zero-order valence-electron chi connectivity index (χ0n) is 14.1. The summed E-state index contributed by atoms with van der Waals surface area (Å²) in [5, 5.41) is 11.4. The minimum absolute atomic E-state index is 0.0181. The predicted molar refractivity (Wildman–Crippen MR) is 81.3 cm³/mol. The molecule has 0 aliphatic carbocycles. The van der Waals surface area contributed by atoms with Crippen LogP contribution >= 0.6 is 0 Å². The van der Waals surface area contributed by atoms with Gasteiger partial charge in [-0.1, -0.05) is 19.9 Å². The molecular weight excluding hydrogens is 270 g/mol. The van der Waals surface area contributed by atoms with Gasteiger partial charge < -0.3 is 14.7 Å². The van der Waals surface area contributed by atoms with Gasteiger partial charge >= 0.3 is 0 Å². The molecule has 0 bridgehead atoms. The van der Waals surface area contributed by atoms with E-state index in [4.69, 9.17) is 9.47 Å². The molecule has 21 heavy (non-hydrogen) atoms. The number of hydrogen-bond donors (Lipinski definition) is 1. The van der Waals surface area contributed by atoms with Gasteiger partial charge in [-0.3, -0.25) is 4.79 Å². The molecule has 0 spiro atoms. The number of carbonyl (C=O) groups excluding carboxylic acids is 1. The van der Waals surface area contributed by atoms with Crippen LogP contribution in [0.15, 0.2) is 11.6 Å². The largest absolute Gasteiger partial charge is 0.379 e. The van der Waals surface area contributed by atoms with Crippen molar-refractivity contribution in [2.45, 2.75) is 52.6 Å². The van der Waals surface area contributed by atoms with E-state index >= 15 is 0 Å². The number of nitrogens with zero attached hydrogens (tertiary/aromatic N) is 1. The Morgan fingerprint density at radius 1 is 1.24 bits per heavy atom. The van der Waals surface area contributed by atoms with Gasteiger partial charge in [-0.2, -0.15) is 5.06 Å². The molecule has 1 aliphatic rings. The van der Waals surface area contributed by atoms with Gasteiger partial charge in [0.05, 0.1) is 24.3 Å². The molecule has 0 saturated carbocycles. The number of ether oxygens (including phenoxy) is 2. The molecule has 1 heterocycles. The first kappa shape index (κ1) is 18.3. The Kier molecular flexibility index (Phi) is 6.11. The van der Waals surface area contributed by atoms with Gasteiger partial charge in [-0.05, 0) is 33.6 Å². The molecule has 0 aromatic carbocycles. The highest BCUT2D eigenvalue weighted by atomic mass is 16.5. The summed E-state index contributed by atoms with van der Waals surface area (Å²) in [7, 11) is 0. The fraction of sp³-hybridized carbons (Fsp3) is 0.812. The summed E-state index contributed by atoms with van der Waals surface area (Å²) in [4.78, 5) is 12.3. The number of Topliss-reactive ketones (excluding diaryl/α,β-unsaturated/α-hetero) is 1. The third kappa shape index (κ3) is 4.61. The Hall–Kier alpha value is -0.750. The van der Waals surface area contributed by atoms with E-state index in [2.05, 4.69) is 13.8 Å². The van der Waals surface area contributed by atoms with Crippen LogP contribution in [0.5, 0.6) is 0 Å². The van der Waals surface area contributed by atoms with Crippen LogP contribution in [0, 0.1) is 5.92 Å². The molecule has 1 rings (SSSR count). The lowest BCUT2D eigenvalue weighted by atomic mass is 9.93. The molecule has 1 N–H and O–H groups in total. The molecule has 0 aromatic heterocycles. The zero-order valence-corrected chi connectivity index (χ0v) is 14.1. The number of ketones is 1. The van der Waals surface area contributed by atoms with Crippen LogP contribution in [-0.2, 0) is 14.3 Å². The normalized spacial score (nSPS) is 20.9. The maximum atomic E-state index is 12.3. The van der Waals surface area contributed by atoms with Crippen molar-refractivity contribution in [3.05, 3.63) is 11.6 Å². The topological polar surface area (TPSA) is 59.0 Å². The van der Waals surface area contributed by atoms with Gasteiger partial charge in [0.2, 0.25) is 0 Å². The molecule has 1 aliphatic heterocycles. The highest BCUT2D eigenvalue weighted by Crippen LogP contribution is 2.38. The quantitative estimate of drug-likeness (QED) is 0.698. The van der Waals surface area contributed by atoms with Gasteiger partial charge in [0.25, 0.3) is 0 Å². The predicted octanol–water partition coefficient (Wildman–Crippen LogP) is 2.43. The second-order valence-electron chi connectivity index (χ2n) is 7.03. The first-order valence-electron chi connectivity index (χ1n) is 7.50. The first-order chi connectivity index (χ1) is 9.59. The molecule has 0 unspecified atom stereocenters. The van der Waals surface area contributed by atoms with E-state index in [1.54, 1.807) is 0 Å². The van der Waals surface area contributed by atoms with E-state index < -0.39 is 11.1 Å². The monoisotopic (exact) mass is 299 g/mol. The third-order valence-electron chi connectivity index (χ3n) is 3.59. The summed E-state index contributed by atoms with van der Waals surface area (Å²) < 4.78 is 10.8. The minimum Gasteiger partial charge on any atom is -0.379 e.